The van der Waals surface area contributed by atoms with Gasteiger partial charge in [-0.3, -0.25) is 0 Å². The van der Waals surface area contributed by atoms with Crippen molar-refractivity contribution in [2.45, 2.75) is 53.4 Å². The Kier molecular flexibility index (Phi) is 4.91. The fraction of sp³-hybridized carbons (Fsp3) is 1.00. The minimum absolute atomic E-state index is 0.449. The van der Waals surface area contributed by atoms with Gasteiger partial charge in [0.2, 0.25) is 0 Å². The summed E-state index contributed by atoms with van der Waals surface area (Å²) < 4.78 is 0. The normalized spacial score (nSPS) is 22.3. The molecule has 1 aliphatic heterocycles. The van der Waals surface area contributed by atoms with Crippen molar-refractivity contribution >= 4 is 7.92 Å². The van der Waals surface area contributed by atoms with Gasteiger partial charge < -0.3 is 0 Å². The van der Waals surface area contributed by atoms with Crippen LogP contribution >= 0.6 is 7.92 Å². The summed E-state index contributed by atoms with van der Waals surface area (Å²) >= 11 is 0. The Hall–Kier alpha value is 0.430. The molecule has 0 N–H and O–H groups in total. The van der Waals surface area contributed by atoms with E-state index in [4.69, 9.17) is 0 Å². The van der Waals surface area contributed by atoms with E-state index >= 15 is 0 Å². The molecule has 0 saturated carbocycles. The van der Waals surface area contributed by atoms with Crippen molar-refractivity contribution in [1.82, 2.24) is 0 Å². The third-order valence-corrected chi connectivity index (χ3v) is 6.59. The summed E-state index contributed by atoms with van der Waals surface area (Å²) in [5.41, 5.74) is 0.519. The molecule has 0 bridgehead atoms. The van der Waals surface area contributed by atoms with E-state index in [0.717, 1.165) is 5.92 Å². The summed E-state index contributed by atoms with van der Waals surface area (Å²) in [6.07, 6.45) is 10.7. The molecule has 0 amide bonds. The average molecular weight is 214 g/mol. The molecule has 0 aromatic heterocycles. The third kappa shape index (κ3) is 4.30. The molecular formula is C13H27P. The van der Waals surface area contributed by atoms with Gasteiger partial charge in [0.05, 0.1) is 0 Å². The molecule has 84 valence electrons. The van der Waals surface area contributed by atoms with Crippen LogP contribution in [0.25, 0.3) is 0 Å². The highest BCUT2D eigenvalue weighted by Crippen LogP contribution is 2.44. The van der Waals surface area contributed by atoms with Gasteiger partial charge in [0.15, 0.2) is 0 Å². The molecule has 1 atom stereocenters. The molecule has 1 fully saturated rings. The van der Waals surface area contributed by atoms with E-state index in [2.05, 4.69) is 27.7 Å². The van der Waals surface area contributed by atoms with Crippen molar-refractivity contribution in [3.63, 3.8) is 0 Å². The minimum atomic E-state index is 0.449. The lowest BCUT2D eigenvalue weighted by molar-refractivity contribution is 0.256. The number of rotatable bonds is 3. The maximum Gasteiger partial charge on any atom is -0.0323 e. The smallest absolute Gasteiger partial charge is 0.0323 e. The second kappa shape index (κ2) is 5.50. The Morgan fingerprint density at radius 1 is 1.07 bits per heavy atom. The number of hydrogen-bond acceptors (Lipinski definition) is 0. The van der Waals surface area contributed by atoms with E-state index < -0.39 is 0 Å². The van der Waals surface area contributed by atoms with Crippen LogP contribution in [0.15, 0.2) is 0 Å². The molecule has 14 heavy (non-hydrogen) atoms. The molecule has 1 heteroatoms. The van der Waals surface area contributed by atoms with Gasteiger partial charge in [0, 0.05) is 0 Å². The lowest BCUT2D eigenvalue weighted by Crippen LogP contribution is -2.18. The topological polar surface area (TPSA) is 0 Å². The van der Waals surface area contributed by atoms with Crippen LogP contribution in [0.1, 0.15) is 53.4 Å². The molecule has 0 aliphatic carbocycles. The predicted molar refractivity (Wildman–Crippen MR) is 68.6 cm³/mol. The largest absolute Gasteiger partial charge is 0.107 e. The van der Waals surface area contributed by atoms with Crippen molar-refractivity contribution in [3.8, 4) is 0 Å². The van der Waals surface area contributed by atoms with Gasteiger partial charge in [-0.25, -0.2) is 0 Å². The zero-order valence-corrected chi connectivity index (χ0v) is 11.4. The van der Waals surface area contributed by atoms with Gasteiger partial charge in [0.1, 0.15) is 0 Å². The summed E-state index contributed by atoms with van der Waals surface area (Å²) in [7, 11) is 0.449. The Bertz CT molecular complexity index is 151. The first-order valence-electron chi connectivity index (χ1n) is 6.22. The fourth-order valence-electron chi connectivity index (χ4n) is 1.99. The van der Waals surface area contributed by atoms with Crippen molar-refractivity contribution in [3.05, 3.63) is 0 Å². The highest BCUT2D eigenvalue weighted by atomic mass is 31.1. The summed E-state index contributed by atoms with van der Waals surface area (Å²) in [5, 5.41) is 0. The molecule has 1 heterocycles. The Balaban J connectivity index is 2.19. The quantitative estimate of drug-likeness (QED) is 0.596. The Morgan fingerprint density at radius 2 is 1.64 bits per heavy atom. The molecular weight excluding hydrogens is 187 g/mol. The SMILES string of the molecule is CC(CCP1CCCCC1)C(C)(C)C. The Labute approximate surface area is 91.6 Å². The van der Waals surface area contributed by atoms with Crippen molar-refractivity contribution in [1.29, 1.82) is 0 Å². The van der Waals surface area contributed by atoms with Gasteiger partial charge >= 0.3 is 0 Å². The number of hydrogen-bond donors (Lipinski definition) is 0. The van der Waals surface area contributed by atoms with Crippen LogP contribution in [0.4, 0.5) is 0 Å². The minimum Gasteiger partial charge on any atom is -0.107 e. The van der Waals surface area contributed by atoms with E-state index in [-0.39, 0.29) is 0 Å². The molecule has 0 aromatic rings. The standard InChI is InChI=1S/C13H27P/c1-12(13(2,3)4)8-11-14-9-6-5-7-10-14/h12H,5-11H2,1-4H3. The van der Waals surface area contributed by atoms with E-state index in [1.807, 2.05) is 0 Å². The third-order valence-electron chi connectivity index (χ3n) is 3.81. The highest BCUT2D eigenvalue weighted by molar-refractivity contribution is 7.57. The van der Waals surface area contributed by atoms with Gasteiger partial charge in [-0.2, -0.15) is 0 Å². The van der Waals surface area contributed by atoms with Gasteiger partial charge in [0.25, 0.3) is 0 Å². The van der Waals surface area contributed by atoms with Crippen LogP contribution in [-0.4, -0.2) is 18.5 Å². The lowest BCUT2D eigenvalue weighted by Gasteiger charge is -2.30. The molecule has 0 nitrogen and oxygen atoms in total. The van der Waals surface area contributed by atoms with Crippen molar-refractivity contribution in [2.24, 2.45) is 11.3 Å². The molecule has 1 rings (SSSR count). The van der Waals surface area contributed by atoms with Crippen LogP contribution in [0.3, 0.4) is 0 Å². The summed E-state index contributed by atoms with van der Waals surface area (Å²) in [4.78, 5) is 0. The maximum absolute atomic E-state index is 2.43. The van der Waals surface area contributed by atoms with Gasteiger partial charge in [-0.15, -0.1) is 7.92 Å². The predicted octanol–water partition coefficient (Wildman–Crippen LogP) is 4.72. The van der Waals surface area contributed by atoms with E-state index in [1.54, 1.807) is 18.5 Å². The molecule has 1 aliphatic rings. The monoisotopic (exact) mass is 214 g/mol. The first-order chi connectivity index (χ1) is 6.50. The van der Waals surface area contributed by atoms with Crippen LogP contribution in [0, 0.1) is 11.3 Å². The van der Waals surface area contributed by atoms with Crippen LogP contribution in [0.5, 0.6) is 0 Å². The first-order valence-corrected chi connectivity index (χ1v) is 8.12. The second-order valence-corrected chi connectivity index (χ2v) is 8.64. The average Bonchev–Trinajstić information content (AvgIpc) is 2.14. The molecule has 0 spiro atoms. The van der Waals surface area contributed by atoms with Crippen molar-refractivity contribution in [2.75, 3.05) is 18.5 Å². The van der Waals surface area contributed by atoms with Crippen LogP contribution < -0.4 is 0 Å². The Morgan fingerprint density at radius 3 is 2.14 bits per heavy atom. The molecule has 0 radical (unpaired) electrons. The fourth-order valence-corrected chi connectivity index (χ4v) is 4.76. The molecule has 0 aromatic carbocycles. The second-order valence-electron chi connectivity index (χ2n) is 5.96. The molecule has 1 unspecified atom stereocenters. The summed E-state index contributed by atoms with van der Waals surface area (Å²) in [6.45, 7) is 9.57. The highest BCUT2D eigenvalue weighted by Gasteiger charge is 2.21. The lowest BCUT2D eigenvalue weighted by atomic mass is 9.81. The van der Waals surface area contributed by atoms with E-state index in [0.29, 0.717) is 13.3 Å². The van der Waals surface area contributed by atoms with E-state index in [9.17, 15) is 0 Å². The first kappa shape index (κ1) is 12.5. The van der Waals surface area contributed by atoms with Gasteiger partial charge in [-0.1, -0.05) is 34.1 Å². The summed E-state index contributed by atoms with van der Waals surface area (Å²) in [6, 6.07) is 0. The molecule has 1 saturated heterocycles. The maximum atomic E-state index is 2.43. The zero-order chi connectivity index (χ0) is 10.6. The van der Waals surface area contributed by atoms with Gasteiger partial charge in [-0.05, 0) is 49.1 Å². The van der Waals surface area contributed by atoms with E-state index in [1.165, 1.54) is 25.7 Å². The van der Waals surface area contributed by atoms with Crippen LogP contribution in [-0.2, 0) is 0 Å². The summed E-state index contributed by atoms with van der Waals surface area (Å²) in [5.74, 6) is 0.895. The van der Waals surface area contributed by atoms with Crippen LogP contribution in [0.2, 0.25) is 0 Å². The van der Waals surface area contributed by atoms with Crippen molar-refractivity contribution < 1.29 is 0 Å². The zero-order valence-electron chi connectivity index (χ0n) is 10.5.